The summed E-state index contributed by atoms with van der Waals surface area (Å²) < 4.78 is 12.1. The van der Waals surface area contributed by atoms with Crippen molar-refractivity contribution in [2.75, 3.05) is 0 Å². The van der Waals surface area contributed by atoms with Gasteiger partial charge in [0.2, 0.25) is 0 Å². The van der Waals surface area contributed by atoms with Gasteiger partial charge >= 0.3 is 0 Å². The van der Waals surface area contributed by atoms with E-state index in [1.165, 1.54) is 0 Å². The molecule has 0 aliphatic heterocycles. The summed E-state index contributed by atoms with van der Waals surface area (Å²) in [5.74, 6) is 2.55. The van der Waals surface area contributed by atoms with Gasteiger partial charge in [-0.2, -0.15) is 0 Å². The van der Waals surface area contributed by atoms with Gasteiger partial charge in [0.15, 0.2) is 0 Å². The summed E-state index contributed by atoms with van der Waals surface area (Å²) >= 11 is 0. The Morgan fingerprint density at radius 3 is 2.33 bits per heavy atom. The molecule has 0 aliphatic rings. The zero-order valence-electron chi connectivity index (χ0n) is 16.9. The largest absolute Gasteiger partial charge is 0.489 e. The highest BCUT2D eigenvalue weighted by atomic mass is 16.5. The Bertz CT molecular complexity index is 1150. The molecule has 0 radical (unpaired) electrons. The van der Waals surface area contributed by atoms with Gasteiger partial charge in [0.25, 0.3) is 0 Å². The first-order valence-electron chi connectivity index (χ1n) is 9.82. The number of nitrogens with two attached hydrogens (primary N) is 1. The minimum atomic E-state index is -0.0123. The number of amidine groups is 1. The fraction of sp³-hybridized carbons (Fsp3) is 0.120. The van der Waals surface area contributed by atoms with Crippen molar-refractivity contribution in [3.05, 3.63) is 90.8 Å². The van der Waals surface area contributed by atoms with E-state index in [9.17, 15) is 0 Å². The predicted molar refractivity (Wildman–Crippen MR) is 120 cm³/mol. The van der Waals surface area contributed by atoms with Crippen molar-refractivity contribution in [2.45, 2.75) is 20.0 Å². The third kappa shape index (κ3) is 4.41. The van der Waals surface area contributed by atoms with Gasteiger partial charge in [0, 0.05) is 17.3 Å². The predicted octanol–water partition coefficient (Wildman–Crippen LogP) is 5.83. The van der Waals surface area contributed by atoms with E-state index in [0.717, 1.165) is 22.6 Å². The summed E-state index contributed by atoms with van der Waals surface area (Å²) in [5, 5.41) is 0. The van der Waals surface area contributed by atoms with E-state index in [1.54, 1.807) is 6.20 Å². The third-order valence-electron chi connectivity index (χ3n) is 4.44. The Morgan fingerprint density at radius 1 is 0.900 bits per heavy atom. The second-order valence-corrected chi connectivity index (χ2v) is 7.09. The minimum absolute atomic E-state index is 0.0123. The topological polar surface area (TPSA) is 73.6 Å². The molecule has 2 N–H and O–H groups in total. The molecule has 150 valence electrons. The van der Waals surface area contributed by atoms with Gasteiger partial charge in [-0.3, -0.25) is 4.98 Å². The zero-order valence-corrected chi connectivity index (χ0v) is 16.9. The number of hydrogen-bond acceptors (Lipinski definition) is 4. The van der Waals surface area contributed by atoms with Crippen molar-refractivity contribution in [1.29, 1.82) is 0 Å². The molecule has 0 aliphatic carbocycles. The molecule has 0 spiro atoms. The molecule has 2 aromatic heterocycles. The van der Waals surface area contributed by atoms with Crippen LogP contribution in [0.25, 0.3) is 22.6 Å². The lowest BCUT2D eigenvalue weighted by molar-refractivity contribution is 0.243. The van der Waals surface area contributed by atoms with Crippen LogP contribution in [0.2, 0.25) is 0 Å². The van der Waals surface area contributed by atoms with E-state index in [-0.39, 0.29) is 6.10 Å². The fourth-order valence-corrected chi connectivity index (χ4v) is 3.06. The second kappa shape index (κ2) is 8.66. The van der Waals surface area contributed by atoms with E-state index in [1.807, 2.05) is 92.7 Å². The smallest absolute Gasteiger partial charge is 0.150 e. The highest BCUT2D eigenvalue weighted by molar-refractivity contribution is 5.97. The molecule has 0 saturated carbocycles. The molecule has 5 heteroatoms. The molecular formula is C25H23N3O2. The number of furan rings is 1. The number of nitrogens with zero attached hydrogens (tertiary/aromatic N) is 2. The van der Waals surface area contributed by atoms with E-state index in [2.05, 4.69) is 9.98 Å². The summed E-state index contributed by atoms with van der Waals surface area (Å²) in [5.41, 5.74) is 9.36. The molecule has 0 unspecified atom stereocenters. The Balaban J connectivity index is 1.69. The SMILES string of the molecule is CC(C)Oc1cc(-c2ccc(-c3ccccc3)o2)ccc1N=C(N)c1ccccn1. The van der Waals surface area contributed by atoms with Gasteiger partial charge in [0.1, 0.15) is 34.5 Å². The lowest BCUT2D eigenvalue weighted by Gasteiger charge is -2.13. The van der Waals surface area contributed by atoms with Crippen LogP contribution in [0.1, 0.15) is 19.5 Å². The van der Waals surface area contributed by atoms with Crippen LogP contribution >= 0.6 is 0 Å². The minimum Gasteiger partial charge on any atom is -0.489 e. The molecule has 30 heavy (non-hydrogen) atoms. The maximum atomic E-state index is 6.16. The lowest BCUT2D eigenvalue weighted by atomic mass is 10.1. The molecule has 4 rings (SSSR count). The van der Waals surface area contributed by atoms with E-state index in [0.29, 0.717) is 23.0 Å². The zero-order chi connectivity index (χ0) is 20.9. The van der Waals surface area contributed by atoms with Crippen LogP contribution in [0.4, 0.5) is 5.69 Å². The quantitative estimate of drug-likeness (QED) is 0.328. The molecule has 0 amide bonds. The summed E-state index contributed by atoms with van der Waals surface area (Å²) in [4.78, 5) is 8.80. The summed E-state index contributed by atoms with van der Waals surface area (Å²) in [7, 11) is 0. The second-order valence-electron chi connectivity index (χ2n) is 7.09. The van der Waals surface area contributed by atoms with E-state index in [4.69, 9.17) is 14.9 Å². The Labute approximate surface area is 175 Å². The number of ether oxygens (including phenoxy) is 1. The number of aromatic nitrogens is 1. The Morgan fingerprint density at radius 2 is 1.63 bits per heavy atom. The van der Waals surface area contributed by atoms with Gasteiger partial charge in [0.05, 0.1) is 6.10 Å². The first-order valence-corrected chi connectivity index (χ1v) is 9.82. The van der Waals surface area contributed by atoms with Crippen LogP contribution in [-0.4, -0.2) is 16.9 Å². The maximum absolute atomic E-state index is 6.16. The number of benzene rings is 2. The monoisotopic (exact) mass is 397 g/mol. The van der Waals surface area contributed by atoms with Gasteiger partial charge in [-0.25, -0.2) is 4.99 Å². The number of pyridine rings is 1. The van der Waals surface area contributed by atoms with Crippen molar-refractivity contribution >= 4 is 11.5 Å². The van der Waals surface area contributed by atoms with E-state index >= 15 is 0 Å². The van der Waals surface area contributed by atoms with Gasteiger partial charge in [-0.15, -0.1) is 0 Å². The van der Waals surface area contributed by atoms with Crippen molar-refractivity contribution in [3.8, 4) is 28.4 Å². The van der Waals surface area contributed by atoms with Crippen LogP contribution in [0.15, 0.2) is 94.5 Å². The van der Waals surface area contributed by atoms with Gasteiger partial charge < -0.3 is 14.9 Å². The molecule has 2 aromatic carbocycles. The summed E-state index contributed by atoms with van der Waals surface area (Å²) in [6.45, 7) is 3.95. The first-order chi connectivity index (χ1) is 14.6. The lowest BCUT2D eigenvalue weighted by Crippen LogP contribution is -2.14. The summed E-state index contributed by atoms with van der Waals surface area (Å²) in [6, 6.07) is 25.2. The highest BCUT2D eigenvalue weighted by Crippen LogP contribution is 2.36. The normalized spacial score (nSPS) is 11.6. The van der Waals surface area contributed by atoms with Crippen LogP contribution in [0.3, 0.4) is 0 Å². The van der Waals surface area contributed by atoms with Gasteiger partial charge in [-0.1, -0.05) is 36.4 Å². The Hall–Kier alpha value is -3.86. The molecule has 0 saturated heterocycles. The number of aliphatic imine (C=N–C) groups is 1. The van der Waals surface area contributed by atoms with Crippen LogP contribution in [0.5, 0.6) is 5.75 Å². The van der Waals surface area contributed by atoms with Crippen molar-refractivity contribution < 1.29 is 9.15 Å². The van der Waals surface area contributed by atoms with Crippen LogP contribution in [-0.2, 0) is 0 Å². The molecule has 4 aromatic rings. The van der Waals surface area contributed by atoms with E-state index < -0.39 is 0 Å². The molecule has 0 fully saturated rings. The average molecular weight is 397 g/mol. The first kappa shape index (κ1) is 19.5. The number of hydrogen-bond donors (Lipinski definition) is 1. The third-order valence-corrected chi connectivity index (χ3v) is 4.44. The van der Waals surface area contributed by atoms with Crippen molar-refractivity contribution in [1.82, 2.24) is 4.98 Å². The summed E-state index contributed by atoms with van der Waals surface area (Å²) in [6.07, 6.45) is 1.68. The highest BCUT2D eigenvalue weighted by Gasteiger charge is 2.12. The standard InChI is InChI=1S/C25H23N3O2/c1-17(2)29-24-16-19(23-14-13-22(30-23)18-8-4-3-5-9-18)11-12-20(24)28-25(26)21-10-6-7-15-27-21/h3-17H,1-2H3,(H2,26,28). The van der Waals surface area contributed by atoms with Crippen LogP contribution < -0.4 is 10.5 Å². The molecule has 5 nitrogen and oxygen atoms in total. The molecule has 0 atom stereocenters. The van der Waals surface area contributed by atoms with Crippen molar-refractivity contribution in [3.63, 3.8) is 0 Å². The van der Waals surface area contributed by atoms with Gasteiger partial charge in [-0.05, 0) is 56.3 Å². The molecule has 2 heterocycles. The van der Waals surface area contributed by atoms with Crippen molar-refractivity contribution in [2.24, 2.45) is 10.7 Å². The maximum Gasteiger partial charge on any atom is 0.150 e. The number of rotatable bonds is 6. The molecular weight excluding hydrogens is 374 g/mol. The molecule has 0 bridgehead atoms. The fourth-order valence-electron chi connectivity index (χ4n) is 3.06. The Kier molecular flexibility index (Phi) is 5.61. The van der Waals surface area contributed by atoms with Crippen LogP contribution in [0, 0.1) is 0 Å². The average Bonchev–Trinajstić information content (AvgIpc) is 3.26.